The number of amides is 4. The van der Waals surface area contributed by atoms with Gasteiger partial charge in [-0.3, -0.25) is 19.5 Å². The van der Waals surface area contributed by atoms with Crippen LogP contribution in [0.5, 0.6) is 0 Å². The molecule has 3 aliphatic heterocycles. The van der Waals surface area contributed by atoms with Crippen LogP contribution in [0, 0.1) is 5.92 Å². The van der Waals surface area contributed by atoms with Crippen molar-refractivity contribution in [1.82, 2.24) is 20.1 Å². The molecule has 1 aromatic rings. The van der Waals surface area contributed by atoms with Crippen molar-refractivity contribution in [2.45, 2.75) is 63.0 Å². The van der Waals surface area contributed by atoms with E-state index in [1.165, 1.54) is 4.90 Å². The van der Waals surface area contributed by atoms with Crippen LogP contribution < -0.4 is 5.32 Å². The second-order valence-electron chi connectivity index (χ2n) is 9.57. The van der Waals surface area contributed by atoms with Crippen molar-refractivity contribution >= 4 is 17.8 Å². The molecular weight excluding hydrogens is 420 g/mol. The quantitative estimate of drug-likeness (QED) is 0.694. The number of imide groups is 1. The number of allylic oxidation sites excluding steroid dienone is 1. The zero-order valence-corrected chi connectivity index (χ0v) is 19.0. The largest absolute Gasteiger partial charge is 0.376 e. The summed E-state index contributed by atoms with van der Waals surface area (Å²) in [5, 5.41) is 3.06. The average molecular weight is 453 g/mol. The molecule has 1 aliphatic carbocycles. The van der Waals surface area contributed by atoms with Crippen molar-refractivity contribution in [2.24, 2.45) is 5.92 Å². The first-order valence-electron chi connectivity index (χ1n) is 12.2. The van der Waals surface area contributed by atoms with Gasteiger partial charge in [0.2, 0.25) is 5.91 Å². The maximum absolute atomic E-state index is 13.9. The van der Waals surface area contributed by atoms with Crippen LogP contribution in [-0.4, -0.2) is 65.0 Å². The summed E-state index contributed by atoms with van der Waals surface area (Å²) in [5.41, 5.74) is 0.482. The number of rotatable bonds is 5. The molecule has 8 heteroatoms. The van der Waals surface area contributed by atoms with Gasteiger partial charge >= 0.3 is 6.03 Å². The van der Waals surface area contributed by atoms with Gasteiger partial charge in [-0.05, 0) is 63.4 Å². The Morgan fingerprint density at radius 2 is 2.03 bits per heavy atom. The van der Waals surface area contributed by atoms with E-state index in [-0.39, 0.29) is 36.4 Å². The van der Waals surface area contributed by atoms with Crippen LogP contribution in [0.2, 0.25) is 0 Å². The summed E-state index contributed by atoms with van der Waals surface area (Å²) in [6.45, 7) is 2.11. The van der Waals surface area contributed by atoms with Gasteiger partial charge in [0, 0.05) is 43.2 Å². The topological polar surface area (TPSA) is 91.8 Å². The van der Waals surface area contributed by atoms with E-state index >= 15 is 0 Å². The zero-order valence-electron chi connectivity index (χ0n) is 19.0. The van der Waals surface area contributed by atoms with Gasteiger partial charge in [-0.15, -0.1) is 0 Å². The number of nitrogens with zero attached hydrogens (tertiary/aromatic N) is 3. The first kappa shape index (κ1) is 22.1. The molecule has 176 valence electrons. The van der Waals surface area contributed by atoms with Gasteiger partial charge in [-0.25, -0.2) is 4.79 Å². The predicted octanol–water partition coefficient (Wildman–Crippen LogP) is 2.75. The molecule has 1 aromatic heterocycles. The molecule has 0 aromatic carbocycles. The highest BCUT2D eigenvalue weighted by Crippen LogP contribution is 2.41. The van der Waals surface area contributed by atoms with Crippen molar-refractivity contribution in [3.63, 3.8) is 0 Å². The first-order valence-corrected chi connectivity index (χ1v) is 12.2. The van der Waals surface area contributed by atoms with Crippen LogP contribution in [0.4, 0.5) is 4.79 Å². The lowest BCUT2D eigenvalue weighted by molar-refractivity contribution is -0.136. The number of pyridine rings is 1. The number of likely N-dealkylation sites (tertiary alicyclic amines) is 1. The second kappa shape index (κ2) is 9.25. The lowest BCUT2D eigenvalue weighted by Gasteiger charge is -2.41. The van der Waals surface area contributed by atoms with E-state index in [2.05, 4.69) is 16.4 Å². The van der Waals surface area contributed by atoms with Gasteiger partial charge < -0.3 is 15.0 Å². The molecular formula is C25H32N4O4. The summed E-state index contributed by atoms with van der Waals surface area (Å²) in [7, 11) is 0. The second-order valence-corrected chi connectivity index (χ2v) is 9.57. The van der Waals surface area contributed by atoms with Crippen molar-refractivity contribution in [1.29, 1.82) is 0 Å². The highest BCUT2D eigenvalue weighted by molar-refractivity contribution is 6.07. The molecule has 0 saturated carbocycles. The van der Waals surface area contributed by atoms with Crippen LogP contribution in [-0.2, 0) is 19.9 Å². The summed E-state index contributed by atoms with van der Waals surface area (Å²) in [6, 6.07) is 3.30. The summed E-state index contributed by atoms with van der Waals surface area (Å²) in [4.78, 5) is 47.4. The molecule has 0 radical (unpaired) electrons. The average Bonchev–Trinajstić information content (AvgIpc) is 3.47. The molecule has 2 atom stereocenters. The Bertz CT molecular complexity index is 935. The van der Waals surface area contributed by atoms with Crippen LogP contribution in [0.3, 0.4) is 0 Å². The number of carbonyl (C=O) groups excluding carboxylic acids is 3. The van der Waals surface area contributed by atoms with E-state index in [4.69, 9.17) is 4.74 Å². The molecule has 0 unspecified atom stereocenters. The van der Waals surface area contributed by atoms with E-state index in [9.17, 15) is 14.4 Å². The third kappa shape index (κ3) is 4.05. The van der Waals surface area contributed by atoms with Gasteiger partial charge in [-0.2, -0.15) is 0 Å². The lowest BCUT2D eigenvalue weighted by atomic mass is 9.73. The Hall–Kier alpha value is -2.74. The maximum atomic E-state index is 13.9. The number of piperidine rings is 1. The van der Waals surface area contributed by atoms with E-state index < -0.39 is 5.54 Å². The normalized spacial score (nSPS) is 28.7. The highest BCUT2D eigenvalue weighted by atomic mass is 16.5. The van der Waals surface area contributed by atoms with Crippen LogP contribution >= 0.6 is 0 Å². The van der Waals surface area contributed by atoms with Crippen molar-refractivity contribution in [2.75, 3.05) is 26.2 Å². The van der Waals surface area contributed by atoms with Gasteiger partial charge in [-0.1, -0.05) is 12.1 Å². The fourth-order valence-electron chi connectivity index (χ4n) is 5.81. The minimum Gasteiger partial charge on any atom is -0.376 e. The summed E-state index contributed by atoms with van der Waals surface area (Å²) < 4.78 is 5.69. The van der Waals surface area contributed by atoms with Crippen LogP contribution in [0.15, 0.2) is 36.2 Å². The number of aromatic nitrogens is 1. The number of urea groups is 1. The molecule has 4 amide bonds. The Morgan fingerprint density at radius 1 is 1.18 bits per heavy atom. The van der Waals surface area contributed by atoms with Gasteiger partial charge in [0.1, 0.15) is 0 Å². The lowest BCUT2D eigenvalue weighted by Crippen LogP contribution is -2.54. The molecule has 5 rings (SSSR count). The molecule has 33 heavy (non-hydrogen) atoms. The molecule has 3 fully saturated rings. The molecule has 0 spiro atoms. The van der Waals surface area contributed by atoms with E-state index in [0.717, 1.165) is 44.1 Å². The molecule has 8 nitrogen and oxygen atoms in total. The van der Waals surface area contributed by atoms with Crippen LogP contribution in [0.1, 0.15) is 56.9 Å². The van der Waals surface area contributed by atoms with Crippen molar-refractivity contribution in [3.8, 4) is 0 Å². The number of ether oxygens (including phenoxy) is 1. The fourth-order valence-corrected chi connectivity index (χ4v) is 5.81. The summed E-state index contributed by atoms with van der Waals surface area (Å²) >= 11 is 0. The van der Waals surface area contributed by atoms with Crippen LogP contribution in [0.25, 0.3) is 0 Å². The smallest absolute Gasteiger partial charge is 0.325 e. The third-order valence-electron chi connectivity index (χ3n) is 7.62. The maximum Gasteiger partial charge on any atom is 0.325 e. The number of carbonyl (C=O) groups is 3. The van der Waals surface area contributed by atoms with E-state index in [0.29, 0.717) is 38.1 Å². The molecule has 4 heterocycles. The number of nitrogens with one attached hydrogen (secondary N) is 1. The SMILES string of the molecule is O=C(C1=CCCCC1)N1CCC([C@@]2(c3cccnc3)NC(=O)N(C[C@@H]3CCCO3)C2=O)CC1. The highest BCUT2D eigenvalue weighted by Gasteiger charge is 2.57. The fraction of sp³-hybridized carbons (Fsp3) is 0.600. The standard InChI is InChI=1S/C25H32N4O4/c30-22(18-6-2-1-3-7-18)28-13-10-19(11-14-28)25(20-8-4-12-26-16-20)23(31)29(24(32)27-25)17-21-9-5-15-33-21/h4,6,8,12,16,19,21H,1-3,5,7,9-11,13-15,17H2,(H,27,32)/t21-,25-/m0/s1. The Balaban J connectivity index is 1.37. The molecule has 4 aliphatic rings. The van der Waals surface area contributed by atoms with Crippen molar-refractivity contribution < 1.29 is 19.1 Å². The van der Waals surface area contributed by atoms with Gasteiger partial charge in [0.05, 0.1) is 12.6 Å². The predicted molar refractivity (Wildman–Crippen MR) is 121 cm³/mol. The third-order valence-corrected chi connectivity index (χ3v) is 7.62. The zero-order chi connectivity index (χ0) is 22.8. The number of hydrogen-bond acceptors (Lipinski definition) is 5. The monoisotopic (exact) mass is 452 g/mol. The molecule has 1 N–H and O–H groups in total. The van der Waals surface area contributed by atoms with E-state index in [1.807, 2.05) is 11.0 Å². The molecule has 0 bridgehead atoms. The summed E-state index contributed by atoms with van der Waals surface area (Å²) in [6.07, 6.45) is 12.5. The summed E-state index contributed by atoms with van der Waals surface area (Å²) in [5.74, 6) is -0.210. The minimum atomic E-state index is -1.15. The van der Waals surface area contributed by atoms with Gasteiger partial charge in [0.15, 0.2) is 5.54 Å². The van der Waals surface area contributed by atoms with E-state index in [1.54, 1.807) is 18.5 Å². The molecule has 3 saturated heterocycles. The Morgan fingerprint density at radius 3 is 2.70 bits per heavy atom. The minimum absolute atomic E-state index is 0.104. The number of hydrogen-bond donors (Lipinski definition) is 1. The Labute approximate surface area is 194 Å². The Kier molecular flexibility index (Phi) is 6.19. The first-order chi connectivity index (χ1) is 16.1. The van der Waals surface area contributed by atoms with Crippen molar-refractivity contribution in [3.05, 3.63) is 41.7 Å². The van der Waals surface area contributed by atoms with Gasteiger partial charge in [0.25, 0.3) is 5.91 Å².